The molecule has 23 heavy (non-hydrogen) atoms. The molecule has 1 aromatic carbocycles. The second kappa shape index (κ2) is 7.39. The number of nitrogens with two attached hydrogens (primary N) is 1. The highest BCUT2D eigenvalue weighted by atomic mass is 32.2. The van der Waals surface area contributed by atoms with Crippen LogP contribution in [0.25, 0.3) is 0 Å². The van der Waals surface area contributed by atoms with Crippen molar-refractivity contribution in [3.8, 4) is 0 Å². The van der Waals surface area contributed by atoms with Crippen molar-refractivity contribution in [3.05, 3.63) is 29.3 Å². The van der Waals surface area contributed by atoms with Gasteiger partial charge in [0, 0.05) is 25.3 Å². The fourth-order valence-corrected chi connectivity index (χ4v) is 3.53. The van der Waals surface area contributed by atoms with Crippen LogP contribution in [0.3, 0.4) is 0 Å². The molecule has 1 aliphatic heterocycles. The molecule has 128 valence electrons. The minimum absolute atomic E-state index is 0.0981. The Morgan fingerprint density at radius 3 is 2.39 bits per heavy atom. The van der Waals surface area contributed by atoms with E-state index in [0.29, 0.717) is 32.6 Å². The summed E-state index contributed by atoms with van der Waals surface area (Å²) in [5.74, 6) is -0.0981. The Morgan fingerprint density at radius 2 is 1.78 bits per heavy atom. The van der Waals surface area contributed by atoms with E-state index in [1.165, 1.54) is 4.31 Å². The molecule has 2 rings (SSSR count). The fourth-order valence-electron chi connectivity index (χ4n) is 2.81. The molecular formula is C15H24N4O3S. The average Bonchev–Trinajstić information content (AvgIpc) is 2.62. The third kappa shape index (κ3) is 5.58. The van der Waals surface area contributed by atoms with Gasteiger partial charge in [-0.15, -0.1) is 0 Å². The Kier molecular flexibility index (Phi) is 5.74. The van der Waals surface area contributed by atoms with Gasteiger partial charge in [-0.3, -0.25) is 9.69 Å². The predicted molar refractivity (Wildman–Crippen MR) is 90.3 cm³/mol. The molecule has 7 nitrogen and oxygen atoms in total. The molecule has 1 aliphatic rings. The van der Waals surface area contributed by atoms with Crippen molar-refractivity contribution in [2.24, 2.45) is 5.14 Å². The van der Waals surface area contributed by atoms with E-state index in [-0.39, 0.29) is 12.5 Å². The smallest absolute Gasteiger partial charge is 0.276 e. The van der Waals surface area contributed by atoms with Crippen molar-refractivity contribution in [1.82, 2.24) is 9.21 Å². The zero-order valence-corrected chi connectivity index (χ0v) is 14.4. The lowest BCUT2D eigenvalue weighted by Crippen LogP contribution is -2.40. The first-order valence-corrected chi connectivity index (χ1v) is 9.13. The van der Waals surface area contributed by atoms with Crippen LogP contribution in [0.15, 0.2) is 18.2 Å². The highest BCUT2D eigenvalue weighted by Crippen LogP contribution is 2.14. The van der Waals surface area contributed by atoms with Gasteiger partial charge in [-0.1, -0.05) is 6.07 Å². The Labute approximate surface area is 137 Å². The van der Waals surface area contributed by atoms with Crippen LogP contribution >= 0.6 is 0 Å². The van der Waals surface area contributed by atoms with Crippen molar-refractivity contribution in [3.63, 3.8) is 0 Å². The monoisotopic (exact) mass is 340 g/mol. The van der Waals surface area contributed by atoms with E-state index in [9.17, 15) is 13.2 Å². The van der Waals surface area contributed by atoms with E-state index >= 15 is 0 Å². The number of benzene rings is 1. The number of hydrogen-bond donors (Lipinski definition) is 2. The van der Waals surface area contributed by atoms with Crippen molar-refractivity contribution in [1.29, 1.82) is 0 Å². The van der Waals surface area contributed by atoms with Crippen LogP contribution in [-0.4, -0.2) is 56.3 Å². The molecule has 0 radical (unpaired) electrons. The van der Waals surface area contributed by atoms with Crippen LogP contribution < -0.4 is 10.5 Å². The lowest BCUT2D eigenvalue weighted by atomic mass is 10.1. The summed E-state index contributed by atoms with van der Waals surface area (Å²) in [5, 5.41) is 8.05. The van der Waals surface area contributed by atoms with E-state index < -0.39 is 10.2 Å². The lowest BCUT2D eigenvalue weighted by molar-refractivity contribution is -0.117. The van der Waals surface area contributed by atoms with Gasteiger partial charge in [-0.05, 0) is 50.1 Å². The zero-order valence-electron chi connectivity index (χ0n) is 13.6. The highest BCUT2D eigenvalue weighted by Gasteiger charge is 2.22. The summed E-state index contributed by atoms with van der Waals surface area (Å²) in [4.78, 5) is 14.1. The van der Waals surface area contributed by atoms with Gasteiger partial charge in [0.25, 0.3) is 10.2 Å². The minimum atomic E-state index is -3.65. The maximum absolute atomic E-state index is 12.2. The van der Waals surface area contributed by atoms with E-state index in [0.717, 1.165) is 16.8 Å². The molecule has 0 spiro atoms. The number of hydrogen-bond acceptors (Lipinski definition) is 4. The molecule has 0 bridgehead atoms. The van der Waals surface area contributed by atoms with Crippen LogP contribution in [0.5, 0.6) is 0 Å². The van der Waals surface area contributed by atoms with Gasteiger partial charge in [-0.25, -0.2) is 5.14 Å². The summed E-state index contributed by atoms with van der Waals surface area (Å²) < 4.78 is 24.0. The first kappa shape index (κ1) is 17.9. The topological polar surface area (TPSA) is 95.7 Å². The molecule has 8 heteroatoms. The molecule has 1 heterocycles. The quantitative estimate of drug-likeness (QED) is 0.832. The van der Waals surface area contributed by atoms with Crippen LogP contribution in [-0.2, 0) is 15.0 Å². The Hall–Kier alpha value is -1.48. The molecule has 0 aromatic heterocycles. The minimum Gasteiger partial charge on any atom is -0.325 e. The largest absolute Gasteiger partial charge is 0.325 e. The number of anilines is 1. The van der Waals surface area contributed by atoms with Crippen LogP contribution in [0.1, 0.15) is 17.5 Å². The van der Waals surface area contributed by atoms with Crippen molar-refractivity contribution in [2.45, 2.75) is 20.3 Å². The second-order valence-electron chi connectivity index (χ2n) is 6.00. The number of nitrogens with zero attached hydrogens (tertiary/aromatic N) is 2. The van der Waals surface area contributed by atoms with E-state index in [2.05, 4.69) is 5.32 Å². The maximum Gasteiger partial charge on any atom is 0.276 e. The maximum atomic E-state index is 12.2. The number of rotatable bonds is 4. The normalized spacial score (nSPS) is 17.7. The fraction of sp³-hybridized carbons (Fsp3) is 0.533. The van der Waals surface area contributed by atoms with E-state index in [1.807, 2.05) is 36.9 Å². The lowest BCUT2D eigenvalue weighted by Gasteiger charge is -2.20. The Bertz CT molecular complexity index is 655. The van der Waals surface area contributed by atoms with Crippen molar-refractivity contribution >= 4 is 21.8 Å². The SMILES string of the molecule is Cc1cc(C)cc(NC(=O)CN2CCCN(S(N)(=O)=O)CC2)c1. The second-order valence-corrected chi connectivity index (χ2v) is 7.54. The summed E-state index contributed by atoms with van der Waals surface area (Å²) >= 11 is 0. The summed E-state index contributed by atoms with van der Waals surface area (Å²) in [5.41, 5.74) is 2.98. The van der Waals surface area contributed by atoms with Crippen LogP contribution in [0.2, 0.25) is 0 Å². The van der Waals surface area contributed by atoms with E-state index in [1.54, 1.807) is 0 Å². The molecule has 1 saturated heterocycles. The van der Waals surface area contributed by atoms with Gasteiger partial charge in [-0.2, -0.15) is 12.7 Å². The molecule has 3 N–H and O–H groups in total. The molecule has 0 aliphatic carbocycles. The van der Waals surface area contributed by atoms with Crippen LogP contribution in [0, 0.1) is 13.8 Å². The van der Waals surface area contributed by atoms with Crippen LogP contribution in [0.4, 0.5) is 5.69 Å². The number of amides is 1. The highest BCUT2D eigenvalue weighted by molar-refractivity contribution is 7.86. The van der Waals surface area contributed by atoms with Gasteiger partial charge in [0.1, 0.15) is 0 Å². The summed E-state index contributed by atoms with van der Waals surface area (Å²) in [6.07, 6.45) is 0.660. The summed E-state index contributed by atoms with van der Waals surface area (Å²) in [6.45, 7) is 6.09. The number of nitrogens with one attached hydrogen (secondary N) is 1. The number of carbonyl (C=O) groups excluding carboxylic acids is 1. The third-order valence-electron chi connectivity index (χ3n) is 3.78. The summed E-state index contributed by atoms with van der Waals surface area (Å²) in [6, 6.07) is 5.90. The first-order valence-electron chi connectivity index (χ1n) is 7.62. The molecule has 0 atom stereocenters. The molecule has 1 fully saturated rings. The molecule has 0 saturated carbocycles. The predicted octanol–water partition coefficient (Wildman–Crippen LogP) is 0.453. The Balaban J connectivity index is 1.90. The number of carbonyl (C=O) groups is 1. The summed E-state index contributed by atoms with van der Waals surface area (Å²) in [7, 11) is -3.65. The van der Waals surface area contributed by atoms with Gasteiger partial charge >= 0.3 is 0 Å². The molecule has 1 aromatic rings. The molecular weight excluding hydrogens is 316 g/mol. The van der Waals surface area contributed by atoms with Crippen molar-refractivity contribution in [2.75, 3.05) is 38.0 Å². The standard InChI is InChI=1S/C15H24N4O3S/c1-12-8-13(2)10-14(9-12)17-15(20)11-18-4-3-5-19(7-6-18)23(16,21)22/h8-10H,3-7,11H2,1-2H3,(H,17,20)(H2,16,21,22). The third-order valence-corrected chi connectivity index (χ3v) is 4.86. The van der Waals surface area contributed by atoms with E-state index in [4.69, 9.17) is 5.14 Å². The zero-order chi connectivity index (χ0) is 17.0. The average molecular weight is 340 g/mol. The first-order chi connectivity index (χ1) is 10.7. The van der Waals surface area contributed by atoms with Gasteiger partial charge in [0.15, 0.2) is 0 Å². The molecule has 0 unspecified atom stereocenters. The van der Waals surface area contributed by atoms with Gasteiger partial charge in [0.05, 0.1) is 6.54 Å². The Morgan fingerprint density at radius 1 is 1.13 bits per heavy atom. The van der Waals surface area contributed by atoms with Gasteiger partial charge in [0.2, 0.25) is 5.91 Å². The van der Waals surface area contributed by atoms with Crippen molar-refractivity contribution < 1.29 is 13.2 Å². The van der Waals surface area contributed by atoms with Gasteiger partial charge < -0.3 is 5.32 Å². The number of aryl methyl sites for hydroxylation is 2. The molecule has 1 amide bonds.